The van der Waals surface area contributed by atoms with Crippen molar-refractivity contribution in [2.24, 2.45) is 0 Å². The largest absolute Gasteiger partial charge is 0.348 e. The number of benzene rings is 2. The molecule has 2 heterocycles. The molecule has 2 aromatic carbocycles. The summed E-state index contributed by atoms with van der Waals surface area (Å²) < 4.78 is 39.7. The molecule has 0 bridgehead atoms. The molecular formula is C25H29FN4O3S2. The van der Waals surface area contributed by atoms with Gasteiger partial charge in [-0.2, -0.15) is 4.31 Å². The van der Waals surface area contributed by atoms with Gasteiger partial charge in [-0.05, 0) is 49.2 Å². The molecule has 3 aromatic rings. The van der Waals surface area contributed by atoms with Gasteiger partial charge < -0.3 is 5.32 Å². The molecule has 1 atom stereocenters. The van der Waals surface area contributed by atoms with E-state index in [1.165, 1.54) is 28.0 Å². The summed E-state index contributed by atoms with van der Waals surface area (Å²) in [7, 11) is -3.18. The molecule has 4 rings (SSSR count). The van der Waals surface area contributed by atoms with Crippen molar-refractivity contribution in [1.82, 2.24) is 19.5 Å². The van der Waals surface area contributed by atoms with Gasteiger partial charge in [-0.1, -0.05) is 12.1 Å². The molecule has 1 aliphatic heterocycles. The molecule has 0 spiro atoms. The van der Waals surface area contributed by atoms with Gasteiger partial charge in [-0.15, -0.1) is 11.3 Å². The molecule has 0 radical (unpaired) electrons. The van der Waals surface area contributed by atoms with Crippen LogP contribution in [0.5, 0.6) is 0 Å². The topological polar surface area (TPSA) is 82.6 Å². The second-order valence-electron chi connectivity index (χ2n) is 8.96. The Morgan fingerprint density at radius 3 is 2.49 bits per heavy atom. The monoisotopic (exact) mass is 516 g/mol. The number of sulfonamides is 1. The first-order valence-corrected chi connectivity index (χ1v) is 14.1. The highest BCUT2D eigenvalue weighted by atomic mass is 32.2. The van der Waals surface area contributed by atoms with Crippen LogP contribution in [0.15, 0.2) is 48.0 Å². The summed E-state index contributed by atoms with van der Waals surface area (Å²) in [6.07, 6.45) is 2.92. The zero-order valence-corrected chi connectivity index (χ0v) is 21.6. The molecule has 1 fully saturated rings. The Bertz CT molecular complexity index is 1300. The average molecular weight is 517 g/mol. The summed E-state index contributed by atoms with van der Waals surface area (Å²) in [5, 5.41) is 5.65. The third kappa shape index (κ3) is 6.32. The Balaban J connectivity index is 1.51. The Kier molecular flexibility index (Phi) is 7.65. The molecule has 35 heavy (non-hydrogen) atoms. The predicted octanol–water partition coefficient (Wildman–Crippen LogP) is 3.62. The van der Waals surface area contributed by atoms with Crippen molar-refractivity contribution in [3.05, 3.63) is 64.9 Å². The van der Waals surface area contributed by atoms with Crippen molar-refractivity contribution in [3.63, 3.8) is 0 Å². The van der Waals surface area contributed by atoms with Crippen molar-refractivity contribution in [2.45, 2.75) is 19.9 Å². The first kappa shape index (κ1) is 25.4. The van der Waals surface area contributed by atoms with Crippen molar-refractivity contribution < 1.29 is 17.6 Å². The molecule has 7 nitrogen and oxygen atoms in total. The maximum absolute atomic E-state index is 14.8. The van der Waals surface area contributed by atoms with E-state index in [9.17, 15) is 17.6 Å². The second-order valence-corrected chi connectivity index (χ2v) is 11.8. The molecule has 0 aliphatic carbocycles. The number of nitrogens with one attached hydrogen (secondary N) is 1. The number of carbonyl (C=O) groups is 1. The number of thiazole rings is 1. The van der Waals surface area contributed by atoms with Gasteiger partial charge >= 0.3 is 0 Å². The van der Waals surface area contributed by atoms with Gasteiger partial charge in [0.1, 0.15) is 10.8 Å². The molecule has 1 aliphatic rings. The summed E-state index contributed by atoms with van der Waals surface area (Å²) >= 11 is 1.46. The van der Waals surface area contributed by atoms with E-state index in [0.29, 0.717) is 49.4 Å². The highest BCUT2D eigenvalue weighted by molar-refractivity contribution is 7.88. The van der Waals surface area contributed by atoms with E-state index in [1.54, 1.807) is 24.4 Å². The second kappa shape index (κ2) is 10.5. The molecule has 0 saturated carbocycles. The smallest absolute Gasteiger partial charge is 0.251 e. The lowest BCUT2D eigenvalue weighted by Gasteiger charge is -2.34. The fourth-order valence-corrected chi connectivity index (χ4v) is 5.69. The Morgan fingerprint density at radius 1 is 1.14 bits per heavy atom. The van der Waals surface area contributed by atoms with E-state index in [4.69, 9.17) is 0 Å². The van der Waals surface area contributed by atoms with Crippen molar-refractivity contribution >= 4 is 27.3 Å². The third-order valence-corrected chi connectivity index (χ3v) is 8.15. The van der Waals surface area contributed by atoms with Gasteiger partial charge in [-0.3, -0.25) is 9.69 Å². The van der Waals surface area contributed by atoms with Crippen LogP contribution in [-0.2, 0) is 10.0 Å². The lowest BCUT2D eigenvalue weighted by Crippen LogP contribution is -2.51. The summed E-state index contributed by atoms with van der Waals surface area (Å²) in [4.78, 5) is 19.7. The minimum Gasteiger partial charge on any atom is -0.348 e. The Morgan fingerprint density at radius 2 is 1.86 bits per heavy atom. The van der Waals surface area contributed by atoms with Crippen molar-refractivity contribution in [3.8, 4) is 21.7 Å². The normalized spacial score (nSPS) is 16.2. The van der Waals surface area contributed by atoms with Gasteiger partial charge in [-0.25, -0.2) is 17.8 Å². The Hall–Kier alpha value is -2.66. The van der Waals surface area contributed by atoms with Crippen LogP contribution in [0.3, 0.4) is 0 Å². The number of halogens is 1. The van der Waals surface area contributed by atoms with Crippen LogP contribution in [0.1, 0.15) is 22.8 Å². The summed E-state index contributed by atoms with van der Waals surface area (Å²) in [5.41, 5.74) is 3.06. The lowest BCUT2D eigenvalue weighted by atomic mass is 9.98. The van der Waals surface area contributed by atoms with Gasteiger partial charge in [0, 0.05) is 67.0 Å². The number of carbonyl (C=O) groups excluding carboxylic acids is 1. The minimum atomic E-state index is -3.18. The van der Waals surface area contributed by atoms with Crippen molar-refractivity contribution in [1.29, 1.82) is 0 Å². The molecule has 186 valence electrons. The number of piperazine rings is 1. The van der Waals surface area contributed by atoms with E-state index in [0.717, 1.165) is 16.1 Å². The van der Waals surface area contributed by atoms with Crippen LogP contribution < -0.4 is 5.32 Å². The SMILES string of the molecule is Cc1ccc(-c2cc(C(=O)NC(C)CN3CCN(S(C)(=O)=O)CC3)cc(-c3nccs3)c2)c(F)c1. The highest BCUT2D eigenvalue weighted by Gasteiger charge is 2.24. The standard InChI is InChI=1S/C25H29FN4O3S2/c1-17-4-5-22(23(26)12-17)19-13-20(15-21(14-19)25-27-6-11-34-25)24(31)28-18(2)16-29-7-9-30(10-8-29)35(3,32)33/h4-6,11-15,18H,7-10,16H2,1-3H3,(H,28,31). The van der Waals surface area contributed by atoms with Gasteiger partial charge in [0.2, 0.25) is 10.0 Å². The highest BCUT2D eigenvalue weighted by Crippen LogP contribution is 2.31. The summed E-state index contributed by atoms with van der Waals surface area (Å²) in [6.45, 7) is 6.48. The quantitative estimate of drug-likeness (QED) is 0.519. The molecule has 1 saturated heterocycles. The number of rotatable bonds is 7. The zero-order chi connectivity index (χ0) is 25.2. The van der Waals surface area contributed by atoms with E-state index in [2.05, 4.69) is 15.2 Å². The van der Waals surface area contributed by atoms with Crippen LogP contribution in [-0.4, -0.2) is 73.5 Å². The first-order chi connectivity index (χ1) is 16.6. The van der Waals surface area contributed by atoms with Crippen LogP contribution in [0.4, 0.5) is 4.39 Å². The number of aryl methyl sites for hydroxylation is 1. The van der Waals surface area contributed by atoms with E-state index >= 15 is 0 Å². The molecule has 1 unspecified atom stereocenters. The first-order valence-electron chi connectivity index (χ1n) is 11.4. The third-order valence-electron chi connectivity index (χ3n) is 6.02. The van der Waals surface area contributed by atoms with Crippen molar-refractivity contribution in [2.75, 3.05) is 39.0 Å². The lowest BCUT2D eigenvalue weighted by molar-refractivity contribution is 0.0922. The molecule has 1 N–H and O–H groups in total. The van der Waals surface area contributed by atoms with Crippen LogP contribution in [0.25, 0.3) is 21.7 Å². The maximum Gasteiger partial charge on any atom is 0.251 e. The van der Waals surface area contributed by atoms with E-state index in [-0.39, 0.29) is 17.8 Å². The summed E-state index contributed by atoms with van der Waals surface area (Å²) in [5.74, 6) is -0.589. The predicted molar refractivity (Wildman–Crippen MR) is 137 cm³/mol. The minimum absolute atomic E-state index is 0.157. The molecule has 1 aromatic heterocycles. The van der Waals surface area contributed by atoms with Crippen LogP contribution in [0, 0.1) is 12.7 Å². The number of hydrogen-bond acceptors (Lipinski definition) is 6. The van der Waals surface area contributed by atoms with Gasteiger partial charge in [0.25, 0.3) is 5.91 Å². The Labute approximate surface area is 209 Å². The molecular weight excluding hydrogens is 487 g/mol. The van der Waals surface area contributed by atoms with Crippen LogP contribution in [0.2, 0.25) is 0 Å². The van der Waals surface area contributed by atoms with E-state index < -0.39 is 10.0 Å². The maximum atomic E-state index is 14.8. The zero-order valence-electron chi connectivity index (χ0n) is 20.0. The van der Waals surface area contributed by atoms with Gasteiger partial charge in [0.05, 0.1) is 6.26 Å². The van der Waals surface area contributed by atoms with Crippen LogP contribution >= 0.6 is 11.3 Å². The molecule has 1 amide bonds. The summed E-state index contributed by atoms with van der Waals surface area (Å²) in [6, 6.07) is 10.2. The number of aromatic nitrogens is 1. The number of amides is 1. The average Bonchev–Trinajstić information content (AvgIpc) is 3.33. The number of hydrogen-bond donors (Lipinski definition) is 1. The number of nitrogens with zero attached hydrogens (tertiary/aromatic N) is 3. The fraction of sp³-hybridized carbons (Fsp3) is 0.360. The molecule has 10 heteroatoms. The van der Waals surface area contributed by atoms with E-state index in [1.807, 2.05) is 31.4 Å². The van der Waals surface area contributed by atoms with Gasteiger partial charge in [0.15, 0.2) is 0 Å². The fourth-order valence-electron chi connectivity index (χ4n) is 4.24.